The number of halogens is 3. The van der Waals surface area contributed by atoms with Crippen molar-refractivity contribution in [3.63, 3.8) is 0 Å². The normalized spacial score (nSPS) is 11.7. The van der Waals surface area contributed by atoms with Gasteiger partial charge in [0.05, 0.1) is 5.56 Å². The molecule has 0 bridgehead atoms. The van der Waals surface area contributed by atoms with Gasteiger partial charge in [-0.15, -0.1) is 0 Å². The number of carbonyl (C=O) groups excluding carboxylic acids is 1. The van der Waals surface area contributed by atoms with Gasteiger partial charge in [-0.3, -0.25) is 4.79 Å². The third-order valence-electron chi connectivity index (χ3n) is 3.21. The van der Waals surface area contributed by atoms with E-state index in [1.165, 1.54) is 19.2 Å². The molecule has 0 spiro atoms. The lowest BCUT2D eigenvalue weighted by Crippen LogP contribution is -2.29. The Morgan fingerprint density at radius 1 is 1.33 bits per heavy atom. The number of alkyl halides is 3. The first kappa shape index (κ1) is 15.8. The fourth-order valence-corrected chi connectivity index (χ4v) is 2.10. The second-order valence-electron chi connectivity index (χ2n) is 4.99. The number of rotatable bonds is 2. The van der Waals surface area contributed by atoms with Gasteiger partial charge in [0.2, 0.25) is 5.89 Å². The van der Waals surface area contributed by atoms with E-state index in [1.54, 1.807) is 17.4 Å². The van der Waals surface area contributed by atoms with Crippen molar-refractivity contribution in [3.05, 3.63) is 36.0 Å². The summed E-state index contributed by atoms with van der Waals surface area (Å²) in [6, 6.07) is 5.60. The molecule has 9 heteroatoms. The standard InChI is InChI=1S/C15H10F3N3O3/c1-7-5-8(20-14(23)15(16,17)18)6-9(11(7)22)13-21-12-10(24-13)3-2-4-19-12/h2-6,22H,1H3,(H,20,23). The predicted molar refractivity (Wildman–Crippen MR) is 78.3 cm³/mol. The highest BCUT2D eigenvalue weighted by Gasteiger charge is 2.38. The lowest BCUT2D eigenvalue weighted by atomic mass is 10.1. The first-order valence-electron chi connectivity index (χ1n) is 6.69. The molecule has 0 saturated heterocycles. The summed E-state index contributed by atoms with van der Waals surface area (Å²) in [5.41, 5.74) is 0.798. The number of amides is 1. The number of nitrogens with zero attached hydrogens (tertiary/aromatic N) is 2. The number of benzene rings is 1. The molecule has 2 heterocycles. The summed E-state index contributed by atoms with van der Waals surface area (Å²) in [6.07, 6.45) is -3.52. The summed E-state index contributed by atoms with van der Waals surface area (Å²) in [5, 5.41) is 11.9. The van der Waals surface area contributed by atoms with Crippen LogP contribution in [0.15, 0.2) is 34.9 Å². The molecule has 24 heavy (non-hydrogen) atoms. The fourth-order valence-electron chi connectivity index (χ4n) is 2.10. The summed E-state index contributed by atoms with van der Waals surface area (Å²) < 4.78 is 42.6. The zero-order valence-corrected chi connectivity index (χ0v) is 12.2. The van der Waals surface area contributed by atoms with E-state index in [1.807, 2.05) is 0 Å². The summed E-state index contributed by atoms with van der Waals surface area (Å²) in [4.78, 5) is 19.1. The maximum atomic E-state index is 12.4. The fraction of sp³-hybridized carbons (Fsp3) is 0.133. The molecule has 2 N–H and O–H groups in total. The molecule has 3 aromatic rings. The Kier molecular flexibility index (Phi) is 3.63. The highest BCUT2D eigenvalue weighted by atomic mass is 19.4. The predicted octanol–water partition coefficient (Wildman–Crippen LogP) is 3.40. The van der Waals surface area contributed by atoms with Crippen LogP contribution in [0.2, 0.25) is 0 Å². The van der Waals surface area contributed by atoms with Gasteiger partial charge < -0.3 is 14.8 Å². The topological polar surface area (TPSA) is 88.3 Å². The number of aryl methyl sites for hydroxylation is 1. The Hall–Kier alpha value is -3.10. The maximum absolute atomic E-state index is 12.4. The molecule has 124 valence electrons. The van der Waals surface area contributed by atoms with E-state index in [2.05, 4.69) is 9.97 Å². The Bertz CT molecular complexity index is 902. The van der Waals surface area contributed by atoms with Crippen molar-refractivity contribution in [3.8, 4) is 17.2 Å². The van der Waals surface area contributed by atoms with Gasteiger partial charge in [-0.05, 0) is 36.8 Å². The van der Waals surface area contributed by atoms with E-state index in [0.717, 1.165) is 6.07 Å². The number of pyridine rings is 1. The van der Waals surface area contributed by atoms with Crippen LogP contribution < -0.4 is 5.32 Å². The van der Waals surface area contributed by atoms with Crippen molar-refractivity contribution in [2.24, 2.45) is 0 Å². The molecule has 6 nitrogen and oxygen atoms in total. The highest BCUT2D eigenvalue weighted by Crippen LogP contribution is 2.36. The first-order chi connectivity index (χ1) is 11.3. The van der Waals surface area contributed by atoms with E-state index in [-0.39, 0.29) is 34.1 Å². The molecule has 0 aliphatic heterocycles. The van der Waals surface area contributed by atoms with E-state index in [9.17, 15) is 23.1 Å². The van der Waals surface area contributed by atoms with E-state index in [4.69, 9.17) is 4.42 Å². The monoisotopic (exact) mass is 337 g/mol. The van der Waals surface area contributed by atoms with Crippen LogP contribution in [-0.2, 0) is 4.79 Å². The van der Waals surface area contributed by atoms with Gasteiger partial charge in [0.25, 0.3) is 0 Å². The first-order valence-corrected chi connectivity index (χ1v) is 6.69. The quantitative estimate of drug-likeness (QED) is 0.700. The molecule has 1 amide bonds. The van der Waals surface area contributed by atoms with E-state index in [0.29, 0.717) is 5.58 Å². The Morgan fingerprint density at radius 2 is 2.08 bits per heavy atom. The molecule has 0 fully saturated rings. The van der Waals surface area contributed by atoms with Gasteiger partial charge in [0.15, 0.2) is 11.2 Å². The number of nitrogens with one attached hydrogen (secondary N) is 1. The second-order valence-corrected chi connectivity index (χ2v) is 4.99. The van der Waals surface area contributed by atoms with Gasteiger partial charge in [0, 0.05) is 11.9 Å². The number of oxazole rings is 1. The van der Waals surface area contributed by atoms with Crippen LogP contribution in [0.5, 0.6) is 5.75 Å². The second kappa shape index (κ2) is 5.52. The van der Waals surface area contributed by atoms with Gasteiger partial charge in [0.1, 0.15) is 5.75 Å². The minimum Gasteiger partial charge on any atom is -0.507 e. The number of hydrogen-bond donors (Lipinski definition) is 2. The molecular formula is C15H10F3N3O3. The third kappa shape index (κ3) is 2.87. The minimum absolute atomic E-state index is 0.0209. The zero-order valence-electron chi connectivity index (χ0n) is 12.2. The number of aromatic hydroxyl groups is 1. The van der Waals surface area contributed by atoms with Crippen molar-refractivity contribution in [1.29, 1.82) is 0 Å². The van der Waals surface area contributed by atoms with Crippen LogP contribution in [0.25, 0.3) is 22.7 Å². The van der Waals surface area contributed by atoms with E-state index < -0.39 is 12.1 Å². The van der Waals surface area contributed by atoms with Crippen LogP contribution in [0, 0.1) is 6.92 Å². The van der Waals surface area contributed by atoms with Crippen molar-refractivity contribution in [1.82, 2.24) is 9.97 Å². The van der Waals surface area contributed by atoms with Crippen LogP contribution in [0.1, 0.15) is 5.56 Å². The molecule has 0 radical (unpaired) electrons. The third-order valence-corrected chi connectivity index (χ3v) is 3.21. The van der Waals surface area contributed by atoms with Gasteiger partial charge in [-0.1, -0.05) is 0 Å². The van der Waals surface area contributed by atoms with Crippen LogP contribution in [-0.4, -0.2) is 27.2 Å². The SMILES string of the molecule is Cc1cc(NC(=O)C(F)(F)F)cc(-c2nc3ncccc3o2)c1O. The molecular weight excluding hydrogens is 327 g/mol. The van der Waals surface area contributed by atoms with E-state index >= 15 is 0 Å². The average molecular weight is 337 g/mol. The number of phenols is 1. The number of anilines is 1. The van der Waals surface area contributed by atoms with Crippen molar-refractivity contribution in [2.75, 3.05) is 5.32 Å². The van der Waals surface area contributed by atoms with Crippen molar-refractivity contribution < 1.29 is 27.5 Å². The lowest BCUT2D eigenvalue weighted by Gasteiger charge is -2.11. The van der Waals surface area contributed by atoms with Crippen LogP contribution in [0.4, 0.5) is 18.9 Å². The van der Waals surface area contributed by atoms with Crippen LogP contribution >= 0.6 is 0 Å². The molecule has 2 aromatic heterocycles. The summed E-state index contributed by atoms with van der Waals surface area (Å²) >= 11 is 0. The molecule has 0 saturated carbocycles. The smallest absolute Gasteiger partial charge is 0.471 e. The van der Waals surface area contributed by atoms with Crippen molar-refractivity contribution >= 4 is 22.8 Å². The number of carbonyl (C=O) groups is 1. The Balaban J connectivity index is 2.06. The van der Waals surface area contributed by atoms with Gasteiger partial charge in [-0.25, -0.2) is 4.98 Å². The molecule has 0 atom stereocenters. The van der Waals surface area contributed by atoms with Gasteiger partial charge in [-0.2, -0.15) is 18.2 Å². The molecule has 0 aliphatic rings. The molecule has 0 unspecified atom stereocenters. The number of phenolic OH excluding ortho intramolecular Hbond substituents is 1. The summed E-state index contributed by atoms with van der Waals surface area (Å²) in [7, 11) is 0. The highest BCUT2D eigenvalue weighted by molar-refractivity contribution is 5.96. The molecule has 1 aromatic carbocycles. The average Bonchev–Trinajstić information content (AvgIpc) is 2.93. The van der Waals surface area contributed by atoms with Gasteiger partial charge >= 0.3 is 12.1 Å². The molecule has 0 aliphatic carbocycles. The number of fused-ring (bicyclic) bond motifs is 1. The summed E-state index contributed by atoms with van der Waals surface area (Å²) in [6.45, 7) is 1.48. The summed E-state index contributed by atoms with van der Waals surface area (Å²) in [5.74, 6) is -2.35. The maximum Gasteiger partial charge on any atom is 0.471 e. The van der Waals surface area contributed by atoms with Crippen molar-refractivity contribution in [2.45, 2.75) is 13.1 Å². The number of hydrogen-bond acceptors (Lipinski definition) is 5. The zero-order chi connectivity index (χ0) is 17.5. The Morgan fingerprint density at radius 3 is 2.75 bits per heavy atom. The lowest BCUT2D eigenvalue weighted by molar-refractivity contribution is -0.167. The van der Waals surface area contributed by atoms with Crippen LogP contribution in [0.3, 0.4) is 0 Å². The Labute approximate surface area is 133 Å². The largest absolute Gasteiger partial charge is 0.507 e. The molecule has 3 rings (SSSR count). The number of aromatic nitrogens is 2. The minimum atomic E-state index is -5.02.